The summed E-state index contributed by atoms with van der Waals surface area (Å²) in [6.45, 7) is 4.40. The number of hydrogen-bond donors (Lipinski definition) is 1. The van der Waals surface area contributed by atoms with Crippen molar-refractivity contribution in [1.82, 2.24) is 9.78 Å². The second-order valence-electron chi connectivity index (χ2n) is 6.75. The Morgan fingerprint density at radius 3 is 2.39 bits per heavy atom. The van der Waals surface area contributed by atoms with Crippen molar-refractivity contribution in [1.29, 1.82) is 0 Å². The van der Waals surface area contributed by atoms with Gasteiger partial charge in [-0.15, -0.1) is 0 Å². The molecule has 3 aromatic rings. The second kappa shape index (κ2) is 7.98. The highest BCUT2D eigenvalue weighted by Gasteiger charge is 2.16. The largest absolute Gasteiger partial charge is 0.307 e. The molecular weight excluding hydrogens is 374 g/mol. The van der Waals surface area contributed by atoms with Crippen LogP contribution < -0.4 is 5.32 Å². The number of hydrogen-bond acceptors (Lipinski definition) is 4. The van der Waals surface area contributed by atoms with Gasteiger partial charge in [-0.2, -0.15) is 5.10 Å². The fraction of sp³-hybridized carbons (Fsp3) is 0.238. The Morgan fingerprint density at radius 1 is 1.07 bits per heavy atom. The van der Waals surface area contributed by atoms with Crippen molar-refractivity contribution in [2.75, 3.05) is 11.6 Å². The number of anilines is 1. The first kappa shape index (κ1) is 19.8. The maximum absolute atomic E-state index is 12.8. The summed E-state index contributed by atoms with van der Waals surface area (Å²) in [4.78, 5) is 12.9. The fourth-order valence-electron chi connectivity index (χ4n) is 2.88. The fourth-order valence-corrected chi connectivity index (χ4v) is 3.53. The van der Waals surface area contributed by atoms with Crippen molar-refractivity contribution < 1.29 is 13.2 Å². The van der Waals surface area contributed by atoms with E-state index in [1.165, 1.54) is 17.7 Å². The normalized spacial score (nSPS) is 11.4. The maximum atomic E-state index is 12.8. The third-order valence-corrected chi connectivity index (χ3v) is 5.71. The summed E-state index contributed by atoms with van der Waals surface area (Å²) >= 11 is 0. The van der Waals surface area contributed by atoms with Crippen LogP contribution in [0.25, 0.3) is 0 Å². The van der Waals surface area contributed by atoms with Crippen LogP contribution in [-0.4, -0.2) is 30.4 Å². The van der Waals surface area contributed by atoms with E-state index >= 15 is 0 Å². The smallest absolute Gasteiger partial charge is 0.257 e. The number of aryl methyl sites for hydroxylation is 2. The first-order valence-corrected chi connectivity index (χ1v) is 10.9. The molecule has 0 radical (unpaired) electrons. The molecule has 0 spiro atoms. The van der Waals surface area contributed by atoms with E-state index in [-0.39, 0.29) is 10.8 Å². The predicted molar refractivity (Wildman–Crippen MR) is 109 cm³/mol. The van der Waals surface area contributed by atoms with E-state index in [2.05, 4.69) is 29.5 Å². The van der Waals surface area contributed by atoms with Crippen molar-refractivity contribution >= 4 is 21.6 Å². The van der Waals surface area contributed by atoms with E-state index in [1.807, 2.05) is 12.1 Å². The average molecular weight is 398 g/mol. The van der Waals surface area contributed by atoms with Gasteiger partial charge in [0, 0.05) is 17.9 Å². The number of sulfone groups is 1. The van der Waals surface area contributed by atoms with Crippen LogP contribution in [0.15, 0.2) is 59.6 Å². The van der Waals surface area contributed by atoms with Crippen molar-refractivity contribution in [2.45, 2.75) is 31.7 Å². The molecule has 0 unspecified atom stereocenters. The van der Waals surface area contributed by atoms with Crippen LogP contribution in [0.3, 0.4) is 0 Å². The van der Waals surface area contributed by atoms with Crippen LogP contribution in [0.2, 0.25) is 0 Å². The highest BCUT2D eigenvalue weighted by Crippen LogP contribution is 2.18. The van der Waals surface area contributed by atoms with Gasteiger partial charge in [0.2, 0.25) is 0 Å². The number of nitrogens with zero attached hydrogens (tertiary/aromatic N) is 2. The van der Waals surface area contributed by atoms with Gasteiger partial charge in [-0.05, 0) is 42.2 Å². The molecule has 0 bridgehead atoms. The van der Waals surface area contributed by atoms with Crippen molar-refractivity contribution in [2.24, 2.45) is 0 Å². The highest BCUT2D eigenvalue weighted by molar-refractivity contribution is 7.90. The molecule has 0 aliphatic rings. The molecule has 1 amide bonds. The molecule has 3 rings (SSSR count). The molecule has 1 N–H and O–H groups in total. The van der Waals surface area contributed by atoms with Crippen molar-refractivity contribution in [3.05, 3.63) is 77.0 Å². The number of benzene rings is 2. The Hall–Kier alpha value is -2.93. The molecule has 0 aliphatic heterocycles. The Bertz CT molecular complexity index is 1100. The minimum absolute atomic E-state index is 0.118. The van der Waals surface area contributed by atoms with E-state index in [1.54, 1.807) is 29.9 Å². The lowest BCUT2D eigenvalue weighted by Gasteiger charge is -2.11. The maximum Gasteiger partial charge on any atom is 0.257 e. The topological polar surface area (TPSA) is 81.1 Å². The monoisotopic (exact) mass is 397 g/mol. The molecule has 1 aromatic heterocycles. The van der Waals surface area contributed by atoms with Crippen LogP contribution >= 0.6 is 0 Å². The van der Waals surface area contributed by atoms with Gasteiger partial charge in [-0.1, -0.05) is 37.3 Å². The number of carbonyl (C=O) groups is 1. The lowest BCUT2D eigenvalue weighted by molar-refractivity contribution is 0.102. The zero-order chi connectivity index (χ0) is 20.3. The highest BCUT2D eigenvalue weighted by atomic mass is 32.2. The lowest BCUT2D eigenvalue weighted by atomic mass is 10.1. The minimum atomic E-state index is -3.39. The molecule has 28 heavy (non-hydrogen) atoms. The molecule has 1 heterocycles. The summed E-state index contributed by atoms with van der Waals surface area (Å²) in [5, 5.41) is 7.12. The summed E-state index contributed by atoms with van der Waals surface area (Å²) in [5.41, 5.74) is 3.36. The first-order valence-electron chi connectivity index (χ1n) is 8.99. The zero-order valence-corrected chi connectivity index (χ0v) is 17.0. The Morgan fingerprint density at radius 2 is 1.75 bits per heavy atom. The molecule has 2 aromatic carbocycles. The van der Waals surface area contributed by atoms with E-state index in [9.17, 15) is 13.2 Å². The van der Waals surface area contributed by atoms with Crippen molar-refractivity contribution in [3.63, 3.8) is 0 Å². The molecule has 0 atom stereocenters. The van der Waals surface area contributed by atoms with Crippen LogP contribution in [0, 0.1) is 6.92 Å². The third kappa shape index (κ3) is 4.48. The number of nitrogens with one attached hydrogen (secondary N) is 1. The van der Waals surface area contributed by atoms with Gasteiger partial charge in [0.1, 0.15) is 5.82 Å². The van der Waals surface area contributed by atoms with Gasteiger partial charge in [-0.25, -0.2) is 13.1 Å². The van der Waals surface area contributed by atoms with E-state index in [0.29, 0.717) is 23.5 Å². The van der Waals surface area contributed by atoms with Gasteiger partial charge >= 0.3 is 0 Å². The number of amides is 1. The molecule has 0 fully saturated rings. The molecular formula is C21H23N3O3S. The second-order valence-corrected chi connectivity index (χ2v) is 8.76. The number of carbonyl (C=O) groups excluding carboxylic acids is 1. The quantitative estimate of drug-likeness (QED) is 0.691. The summed E-state index contributed by atoms with van der Waals surface area (Å²) < 4.78 is 25.3. The molecule has 146 valence electrons. The summed E-state index contributed by atoms with van der Waals surface area (Å²) in [7, 11) is -3.39. The molecule has 0 saturated heterocycles. The van der Waals surface area contributed by atoms with Crippen LogP contribution in [0.1, 0.15) is 34.0 Å². The standard InChI is InChI=1S/C21H23N3O3S/c1-4-16-6-8-17(9-7-16)14-24-20(11-12-22-24)23-21(25)19-13-18(28(3,26)27)10-5-15(19)2/h5-13H,4,14H2,1-3H3,(H,23,25). The van der Waals surface area contributed by atoms with Crippen LogP contribution in [0.4, 0.5) is 5.82 Å². The third-order valence-electron chi connectivity index (χ3n) is 4.60. The number of aromatic nitrogens is 2. The van der Waals surface area contributed by atoms with Crippen LogP contribution in [0.5, 0.6) is 0 Å². The van der Waals surface area contributed by atoms with E-state index < -0.39 is 9.84 Å². The first-order chi connectivity index (χ1) is 13.3. The Labute approximate surface area is 165 Å². The van der Waals surface area contributed by atoms with Crippen molar-refractivity contribution in [3.8, 4) is 0 Å². The Balaban J connectivity index is 1.81. The lowest BCUT2D eigenvalue weighted by Crippen LogP contribution is -2.17. The zero-order valence-electron chi connectivity index (χ0n) is 16.1. The molecule has 0 saturated carbocycles. The van der Waals surface area contributed by atoms with Crippen LogP contribution in [-0.2, 0) is 22.8 Å². The summed E-state index contributed by atoms with van der Waals surface area (Å²) in [5.74, 6) is 0.180. The number of rotatable bonds is 6. The van der Waals surface area contributed by atoms with Gasteiger partial charge in [0.25, 0.3) is 5.91 Å². The molecule has 0 aliphatic carbocycles. The predicted octanol–water partition coefficient (Wildman–Crippen LogP) is 3.46. The van der Waals surface area contributed by atoms with E-state index in [0.717, 1.165) is 18.2 Å². The van der Waals surface area contributed by atoms with Gasteiger partial charge in [0.05, 0.1) is 17.6 Å². The Kier molecular flexibility index (Phi) is 5.65. The van der Waals surface area contributed by atoms with Gasteiger partial charge in [-0.3, -0.25) is 4.79 Å². The summed E-state index contributed by atoms with van der Waals surface area (Å²) in [6.07, 6.45) is 3.73. The molecule has 6 nitrogen and oxygen atoms in total. The minimum Gasteiger partial charge on any atom is -0.307 e. The van der Waals surface area contributed by atoms with Gasteiger partial charge < -0.3 is 5.32 Å². The van der Waals surface area contributed by atoms with E-state index in [4.69, 9.17) is 0 Å². The van der Waals surface area contributed by atoms with Gasteiger partial charge in [0.15, 0.2) is 9.84 Å². The average Bonchev–Trinajstić information content (AvgIpc) is 3.08. The molecule has 7 heteroatoms. The summed E-state index contributed by atoms with van der Waals surface area (Å²) in [6, 6.07) is 14.5. The SMILES string of the molecule is CCc1ccc(Cn2nccc2NC(=O)c2cc(S(C)(=O)=O)ccc2C)cc1.